The molecule has 0 bridgehead atoms. The SMILES string of the molecule is CC(C)/C=C/[C@@H](C[C@@H]1O[C@](O)(C[C@@H](O)C(C)C)C[C@H](O)[C@H]1C(=O)NCC(C)O)OC1OC(C)C(O)C(N)C1O. The molecule has 0 radical (unpaired) electrons. The second kappa shape index (κ2) is 14.6. The smallest absolute Gasteiger partial charge is 0.228 e. The van der Waals surface area contributed by atoms with Gasteiger partial charge in [0.1, 0.15) is 6.10 Å². The number of rotatable bonds is 12. The van der Waals surface area contributed by atoms with Crippen LogP contribution in [0.1, 0.15) is 60.8 Å². The second-order valence-corrected chi connectivity index (χ2v) is 11.8. The van der Waals surface area contributed by atoms with Crippen molar-refractivity contribution in [2.75, 3.05) is 6.54 Å². The molecule has 12 nitrogen and oxygen atoms in total. The number of allylic oxidation sites excluding steroid dienone is 1. The summed E-state index contributed by atoms with van der Waals surface area (Å²) in [5.41, 5.74) is 5.96. The van der Waals surface area contributed by atoms with E-state index in [9.17, 15) is 35.4 Å². The predicted molar refractivity (Wildman–Crippen MR) is 142 cm³/mol. The molecule has 2 rings (SSSR count). The summed E-state index contributed by atoms with van der Waals surface area (Å²) in [6.07, 6.45) is -6.23. The zero-order valence-electron chi connectivity index (χ0n) is 23.9. The normalized spacial score (nSPS) is 38.2. The maximum atomic E-state index is 13.1. The number of carbonyl (C=O) groups excluding carboxylic acids is 1. The first-order valence-corrected chi connectivity index (χ1v) is 13.9. The second-order valence-electron chi connectivity index (χ2n) is 11.8. The highest BCUT2D eigenvalue weighted by Gasteiger charge is 2.50. The minimum absolute atomic E-state index is 0.0358. The fourth-order valence-electron chi connectivity index (χ4n) is 4.81. The van der Waals surface area contributed by atoms with Crippen LogP contribution in [-0.2, 0) is 19.0 Å². The average Bonchev–Trinajstić information content (AvgIpc) is 2.82. The van der Waals surface area contributed by atoms with Crippen molar-refractivity contribution >= 4 is 5.91 Å². The molecule has 2 heterocycles. The van der Waals surface area contributed by atoms with Crippen LogP contribution in [0.2, 0.25) is 0 Å². The van der Waals surface area contributed by atoms with Gasteiger partial charge in [-0.25, -0.2) is 0 Å². The molecule has 0 spiro atoms. The molecule has 2 aliphatic heterocycles. The summed E-state index contributed by atoms with van der Waals surface area (Å²) in [5.74, 6) is -3.67. The topological polar surface area (TPSA) is 204 Å². The maximum absolute atomic E-state index is 13.1. The average molecular weight is 563 g/mol. The van der Waals surface area contributed by atoms with E-state index in [4.69, 9.17) is 19.9 Å². The zero-order valence-corrected chi connectivity index (χ0v) is 23.9. The highest BCUT2D eigenvalue weighted by molar-refractivity contribution is 5.80. The fourth-order valence-corrected chi connectivity index (χ4v) is 4.81. The van der Waals surface area contributed by atoms with E-state index in [0.717, 1.165) is 0 Å². The lowest BCUT2D eigenvalue weighted by molar-refractivity contribution is -0.307. The molecule has 2 saturated heterocycles. The quantitative estimate of drug-likeness (QED) is 0.137. The van der Waals surface area contributed by atoms with Gasteiger partial charge in [0.15, 0.2) is 12.1 Å². The van der Waals surface area contributed by atoms with Gasteiger partial charge in [0.25, 0.3) is 0 Å². The van der Waals surface area contributed by atoms with Crippen LogP contribution in [0.25, 0.3) is 0 Å². The molecule has 1 amide bonds. The summed E-state index contributed by atoms with van der Waals surface area (Å²) in [6.45, 7) is 10.6. The van der Waals surface area contributed by atoms with Gasteiger partial charge in [0.2, 0.25) is 5.91 Å². The monoisotopic (exact) mass is 562 g/mol. The van der Waals surface area contributed by atoms with Gasteiger partial charge >= 0.3 is 0 Å². The number of hydrogen-bond donors (Lipinski definition) is 8. The number of hydrogen-bond acceptors (Lipinski definition) is 11. The molecule has 0 aromatic carbocycles. The molecule has 0 aromatic rings. The van der Waals surface area contributed by atoms with Crippen molar-refractivity contribution in [2.45, 2.75) is 128 Å². The summed E-state index contributed by atoms with van der Waals surface area (Å²) in [5, 5.41) is 65.7. The Labute approximate surface area is 231 Å². The van der Waals surface area contributed by atoms with Crippen molar-refractivity contribution in [1.82, 2.24) is 5.32 Å². The first-order valence-electron chi connectivity index (χ1n) is 13.9. The fraction of sp³-hybridized carbons (Fsp3) is 0.889. The van der Waals surface area contributed by atoms with Crippen LogP contribution in [0.4, 0.5) is 0 Å². The zero-order chi connectivity index (χ0) is 29.7. The van der Waals surface area contributed by atoms with E-state index in [2.05, 4.69) is 5.32 Å². The van der Waals surface area contributed by atoms with Crippen LogP contribution in [0.5, 0.6) is 0 Å². The Morgan fingerprint density at radius 1 is 1.13 bits per heavy atom. The van der Waals surface area contributed by atoms with Crippen LogP contribution < -0.4 is 11.1 Å². The summed E-state index contributed by atoms with van der Waals surface area (Å²) < 4.78 is 17.8. The maximum Gasteiger partial charge on any atom is 0.228 e. The van der Waals surface area contributed by atoms with Crippen molar-refractivity contribution < 1.29 is 49.6 Å². The molecule has 9 N–H and O–H groups in total. The molecule has 6 unspecified atom stereocenters. The third kappa shape index (κ3) is 9.70. The number of ether oxygens (including phenoxy) is 3. The molecule has 2 fully saturated rings. The van der Waals surface area contributed by atoms with Gasteiger partial charge in [0.05, 0.1) is 54.7 Å². The van der Waals surface area contributed by atoms with E-state index in [1.807, 2.05) is 19.9 Å². The minimum Gasteiger partial charge on any atom is -0.393 e. The van der Waals surface area contributed by atoms with Gasteiger partial charge in [-0.15, -0.1) is 0 Å². The molecule has 228 valence electrons. The van der Waals surface area contributed by atoms with Gasteiger partial charge < -0.3 is 55.9 Å². The van der Waals surface area contributed by atoms with Gasteiger partial charge in [-0.1, -0.05) is 39.8 Å². The Morgan fingerprint density at radius 3 is 2.33 bits per heavy atom. The third-order valence-electron chi connectivity index (χ3n) is 7.27. The van der Waals surface area contributed by atoms with Crippen LogP contribution in [0.3, 0.4) is 0 Å². The predicted octanol–water partition coefficient (Wildman–Crippen LogP) is -0.874. The summed E-state index contributed by atoms with van der Waals surface area (Å²) >= 11 is 0. The number of nitrogens with one attached hydrogen (secondary N) is 1. The first kappa shape index (κ1) is 34.0. The van der Waals surface area contributed by atoms with Crippen molar-refractivity contribution in [3.05, 3.63) is 12.2 Å². The van der Waals surface area contributed by atoms with E-state index < -0.39 is 78.8 Å². The molecule has 12 heteroatoms. The van der Waals surface area contributed by atoms with Crippen LogP contribution in [0, 0.1) is 17.8 Å². The highest BCUT2D eigenvalue weighted by Crippen LogP contribution is 2.38. The van der Waals surface area contributed by atoms with Crippen molar-refractivity contribution in [1.29, 1.82) is 0 Å². The standard InChI is InChI=1S/C27H50N2O10/c1-13(2)7-8-17(38-26-24(34)22(28)23(33)16(6)37-26)9-20-21(25(35)29-12-15(5)30)19(32)11-27(36,39-20)10-18(31)14(3)4/h7-8,13-24,26,30-34,36H,9-12,28H2,1-6H3,(H,29,35)/b8-7+/t15?,16?,17-,18+,19-,20-,21+,22?,23?,24?,26?,27+/m0/s1. The lowest BCUT2D eigenvalue weighted by atomic mass is 9.81. The Hall–Kier alpha value is -1.19. The number of nitrogens with two attached hydrogens (primary N) is 1. The Balaban J connectivity index is 2.36. The molecule has 39 heavy (non-hydrogen) atoms. The van der Waals surface area contributed by atoms with E-state index in [-0.39, 0.29) is 37.6 Å². The number of aliphatic hydroxyl groups excluding tert-OH is 5. The largest absolute Gasteiger partial charge is 0.393 e. The molecule has 0 saturated carbocycles. The van der Waals surface area contributed by atoms with E-state index >= 15 is 0 Å². The summed E-state index contributed by atoms with van der Waals surface area (Å²) in [4.78, 5) is 13.1. The van der Waals surface area contributed by atoms with E-state index in [0.29, 0.717) is 0 Å². The van der Waals surface area contributed by atoms with Crippen LogP contribution in [0.15, 0.2) is 12.2 Å². The highest BCUT2D eigenvalue weighted by atomic mass is 16.7. The van der Waals surface area contributed by atoms with Gasteiger partial charge in [0, 0.05) is 25.8 Å². The molecule has 12 atom stereocenters. The summed E-state index contributed by atoms with van der Waals surface area (Å²) in [7, 11) is 0. The number of carbonyl (C=O) groups is 1. The molecular weight excluding hydrogens is 512 g/mol. The van der Waals surface area contributed by atoms with Crippen molar-refractivity contribution in [2.24, 2.45) is 23.5 Å². The molecule has 0 aliphatic carbocycles. The van der Waals surface area contributed by atoms with Crippen LogP contribution >= 0.6 is 0 Å². The molecular formula is C27H50N2O10. The van der Waals surface area contributed by atoms with Crippen LogP contribution in [-0.4, -0.2) is 110 Å². The lowest BCUT2D eigenvalue weighted by Crippen LogP contribution is -2.62. The number of amides is 1. The van der Waals surface area contributed by atoms with Gasteiger partial charge in [-0.2, -0.15) is 0 Å². The Kier molecular flexibility index (Phi) is 12.8. The Bertz CT molecular complexity index is 797. The Morgan fingerprint density at radius 2 is 1.77 bits per heavy atom. The summed E-state index contributed by atoms with van der Waals surface area (Å²) in [6, 6.07) is -1.01. The third-order valence-corrected chi connectivity index (χ3v) is 7.27. The lowest BCUT2D eigenvalue weighted by Gasteiger charge is -2.46. The number of aliphatic hydroxyl groups is 6. The van der Waals surface area contributed by atoms with Crippen molar-refractivity contribution in [3.8, 4) is 0 Å². The molecule has 2 aliphatic rings. The van der Waals surface area contributed by atoms with Crippen molar-refractivity contribution in [3.63, 3.8) is 0 Å². The first-order chi connectivity index (χ1) is 18.0. The van der Waals surface area contributed by atoms with E-state index in [1.54, 1.807) is 26.8 Å². The van der Waals surface area contributed by atoms with E-state index in [1.165, 1.54) is 6.92 Å². The van der Waals surface area contributed by atoms with Gasteiger partial charge in [-0.05, 0) is 25.7 Å². The minimum atomic E-state index is -1.91. The molecule has 0 aromatic heterocycles. The van der Waals surface area contributed by atoms with Gasteiger partial charge in [-0.3, -0.25) is 4.79 Å².